The van der Waals surface area contributed by atoms with Crippen molar-refractivity contribution in [1.29, 1.82) is 0 Å². The first-order chi connectivity index (χ1) is 9.40. The molecule has 0 saturated carbocycles. The molecule has 0 saturated heterocycles. The van der Waals surface area contributed by atoms with Crippen LogP contribution in [0.2, 0.25) is 10.0 Å². The summed E-state index contributed by atoms with van der Waals surface area (Å²) in [4.78, 5) is 0. The van der Waals surface area contributed by atoms with Crippen molar-refractivity contribution in [2.75, 3.05) is 5.32 Å². The largest absolute Gasteiger partial charge is 0.378 e. The third-order valence-electron chi connectivity index (χ3n) is 3.07. The predicted molar refractivity (Wildman–Crippen MR) is 87.3 cm³/mol. The summed E-state index contributed by atoms with van der Waals surface area (Å²) in [5.74, 6) is -0.469. The molecule has 1 atom stereocenters. The lowest BCUT2D eigenvalue weighted by molar-refractivity contribution is 0.624. The number of hydrogen-bond donors (Lipinski definition) is 1. The summed E-state index contributed by atoms with van der Waals surface area (Å²) < 4.78 is 14.6. The lowest BCUT2D eigenvalue weighted by atomic mass is 10.1. The first-order valence-corrected chi connectivity index (χ1v) is 7.61. The van der Waals surface area contributed by atoms with Gasteiger partial charge in [0.05, 0.1) is 11.1 Å². The summed E-state index contributed by atoms with van der Waals surface area (Å²) in [7, 11) is 0. The molecule has 1 unspecified atom stereocenters. The van der Waals surface area contributed by atoms with Crippen LogP contribution >= 0.6 is 39.1 Å². The second-order valence-corrected chi connectivity index (χ2v) is 6.20. The van der Waals surface area contributed by atoms with E-state index in [9.17, 15) is 4.39 Å². The fraction of sp³-hybridized carbons (Fsp3) is 0.200. The third-order valence-corrected chi connectivity index (χ3v) is 4.74. The van der Waals surface area contributed by atoms with Crippen molar-refractivity contribution < 1.29 is 4.39 Å². The van der Waals surface area contributed by atoms with Crippen molar-refractivity contribution in [2.24, 2.45) is 0 Å². The predicted octanol–water partition coefficient (Wildman–Crippen LogP) is 6.38. The highest BCUT2D eigenvalue weighted by atomic mass is 79.9. The number of aryl methyl sites for hydroxylation is 1. The monoisotopic (exact) mass is 375 g/mol. The number of anilines is 1. The van der Waals surface area contributed by atoms with Crippen LogP contribution in [0, 0.1) is 12.7 Å². The molecule has 0 radical (unpaired) electrons. The Kier molecular flexibility index (Phi) is 4.95. The Morgan fingerprint density at radius 1 is 1.20 bits per heavy atom. The highest BCUT2D eigenvalue weighted by Gasteiger charge is 2.14. The van der Waals surface area contributed by atoms with Crippen molar-refractivity contribution in [2.45, 2.75) is 19.9 Å². The van der Waals surface area contributed by atoms with Crippen molar-refractivity contribution in [1.82, 2.24) is 0 Å². The third kappa shape index (κ3) is 3.27. The quantitative estimate of drug-likeness (QED) is 0.613. The second-order valence-electron chi connectivity index (χ2n) is 4.59. The minimum Gasteiger partial charge on any atom is -0.378 e. The molecule has 106 valence electrons. The van der Waals surface area contributed by atoms with Crippen LogP contribution in [0.5, 0.6) is 0 Å². The van der Waals surface area contributed by atoms with Crippen molar-refractivity contribution in [3.8, 4) is 0 Å². The normalized spacial score (nSPS) is 12.3. The van der Waals surface area contributed by atoms with E-state index in [4.69, 9.17) is 23.2 Å². The zero-order valence-electron chi connectivity index (χ0n) is 11.0. The van der Waals surface area contributed by atoms with Gasteiger partial charge in [-0.1, -0.05) is 35.3 Å². The van der Waals surface area contributed by atoms with Gasteiger partial charge < -0.3 is 5.32 Å². The van der Waals surface area contributed by atoms with Crippen LogP contribution in [0.15, 0.2) is 34.8 Å². The van der Waals surface area contributed by atoms with Crippen molar-refractivity contribution >= 4 is 44.8 Å². The van der Waals surface area contributed by atoms with Crippen LogP contribution in [0.25, 0.3) is 0 Å². The van der Waals surface area contributed by atoms with Gasteiger partial charge in [-0.15, -0.1) is 0 Å². The van der Waals surface area contributed by atoms with Gasteiger partial charge in [0, 0.05) is 15.2 Å². The summed E-state index contributed by atoms with van der Waals surface area (Å²) in [5.41, 5.74) is 2.72. The molecule has 0 aromatic heterocycles. The molecule has 5 heteroatoms. The Morgan fingerprint density at radius 2 is 1.90 bits per heavy atom. The fourth-order valence-electron chi connectivity index (χ4n) is 1.94. The second kappa shape index (κ2) is 6.33. The highest BCUT2D eigenvalue weighted by Crippen LogP contribution is 2.33. The van der Waals surface area contributed by atoms with E-state index in [0.717, 1.165) is 15.7 Å². The number of rotatable bonds is 3. The molecular formula is C15H13BrCl2FN. The molecule has 0 aliphatic rings. The zero-order chi connectivity index (χ0) is 14.9. The van der Waals surface area contributed by atoms with Crippen LogP contribution in [0.4, 0.5) is 10.1 Å². The molecule has 0 fully saturated rings. The SMILES string of the molecule is Cc1cccc(NC(C)c2cc(F)c(Cl)cc2Cl)c1Br. The molecule has 0 bridgehead atoms. The van der Waals surface area contributed by atoms with Crippen LogP contribution in [0.1, 0.15) is 24.1 Å². The number of hydrogen-bond acceptors (Lipinski definition) is 1. The van der Waals surface area contributed by atoms with E-state index in [1.54, 1.807) is 0 Å². The Hall–Kier alpha value is -0.770. The molecule has 0 aliphatic carbocycles. The Labute approximate surface area is 136 Å². The molecule has 20 heavy (non-hydrogen) atoms. The average Bonchev–Trinajstić information content (AvgIpc) is 2.39. The van der Waals surface area contributed by atoms with Gasteiger partial charge >= 0.3 is 0 Å². The Bertz CT molecular complexity index is 646. The molecular weight excluding hydrogens is 364 g/mol. The van der Waals surface area contributed by atoms with Gasteiger partial charge in [-0.2, -0.15) is 0 Å². The molecule has 2 aromatic rings. The number of benzene rings is 2. The summed E-state index contributed by atoms with van der Waals surface area (Å²) in [6.45, 7) is 3.93. The first kappa shape index (κ1) is 15.6. The molecule has 0 spiro atoms. The van der Waals surface area contributed by atoms with Gasteiger partial charge in [-0.3, -0.25) is 0 Å². The van der Waals surface area contributed by atoms with Gasteiger partial charge in [0.15, 0.2) is 0 Å². The van der Waals surface area contributed by atoms with E-state index < -0.39 is 5.82 Å². The van der Waals surface area contributed by atoms with Crippen molar-refractivity contribution in [3.63, 3.8) is 0 Å². The summed E-state index contributed by atoms with van der Waals surface area (Å²) in [6, 6.07) is 8.57. The zero-order valence-corrected chi connectivity index (χ0v) is 14.1. The van der Waals surface area contributed by atoms with E-state index in [0.29, 0.717) is 10.6 Å². The molecule has 0 aliphatic heterocycles. The molecule has 0 amide bonds. The summed E-state index contributed by atoms with van der Waals surface area (Å²) in [6.07, 6.45) is 0. The molecule has 2 rings (SSSR count). The molecule has 1 N–H and O–H groups in total. The van der Waals surface area contributed by atoms with Crippen LogP contribution in [0.3, 0.4) is 0 Å². The van der Waals surface area contributed by atoms with Gasteiger partial charge in [0.2, 0.25) is 0 Å². The fourth-order valence-corrected chi connectivity index (χ4v) is 2.87. The smallest absolute Gasteiger partial charge is 0.142 e. The van der Waals surface area contributed by atoms with Crippen LogP contribution in [-0.4, -0.2) is 0 Å². The lowest BCUT2D eigenvalue weighted by Gasteiger charge is -2.19. The lowest BCUT2D eigenvalue weighted by Crippen LogP contribution is -2.08. The van der Waals surface area contributed by atoms with E-state index in [2.05, 4.69) is 21.2 Å². The van der Waals surface area contributed by atoms with Gasteiger partial charge in [0.1, 0.15) is 5.82 Å². The minimum atomic E-state index is -0.469. The van der Waals surface area contributed by atoms with Crippen molar-refractivity contribution in [3.05, 3.63) is 61.8 Å². The molecule has 1 nitrogen and oxygen atoms in total. The topological polar surface area (TPSA) is 12.0 Å². The van der Waals surface area contributed by atoms with Gasteiger partial charge in [-0.05, 0) is 59.1 Å². The van der Waals surface area contributed by atoms with Gasteiger partial charge in [0.25, 0.3) is 0 Å². The van der Waals surface area contributed by atoms with Crippen LogP contribution < -0.4 is 5.32 Å². The minimum absolute atomic E-state index is 0.0303. The molecule has 0 heterocycles. The van der Waals surface area contributed by atoms with E-state index >= 15 is 0 Å². The summed E-state index contributed by atoms with van der Waals surface area (Å²) in [5, 5.41) is 3.79. The van der Waals surface area contributed by atoms with E-state index in [-0.39, 0.29) is 11.1 Å². The maximum absolute atomic E-state index is 13.6. The van der Waals surface area contributed by atoms with E-state index in [1.165, 1.54) is 12.1 Å². The highest BCUT2D eigenvalue weighted by molar-refractivity contribution is 9.10. The maximum atomic E-state index is 13.6. The maximum Gasteiger partial charge on any atom is 0.142 e. The Morgan fingerprint density at radius 3 is 2.60 bits per heavy atom. The first-order valence-electron chi connectivity index (χ1n) is 6.06. The number of halogens is 4. The number of nitrogens with one attached hydrogen (secondary N) is 1. The Balaban J connectivity index is 2.31. The van der Waals surface area contributed by atoms with E-state index in [1.807, 2.05) is 32.0 Å². The summed E-state index contributed by atoms with van der Waals surface area (Å²) >= 11 is 15.4. The molecule has 2 aromatic carbocycles. The van der Waals surface area contributed by atoms with Crippen LogP contribution in [-0.2, 0) is 0 Å². The average molecular weight is 377 g/mol. The standard InChI is InChI=1S/C15H13BrCl2FN/c1-8-4-3-5-14(15(8)16)20-9(2)10-6-13(19)12(18)7-11(10)17/h3-7,9,20H,1-2H3. The van der Waals surface area contributed by atoms with Gasteiger partial charge in [-0.25, -0.2) is 4.39 Å².